The number of hydrogen-bond acceptors (Lipinski definition) is 5. The Morgan fingerprint density at radius 3 is 2.61 bits per heavy atom. The topological polar surface area (TPSA) is 53.1 Å². The molecular weight excluding hydrogens is 310 g/mol. The molecule has 0 saturated heterocycles. The summed E-state index contributed by atoms with van der Waals surface area (Å²) in [5, 5.41) is 7.34. The normalized spacial score (nSPS) is 10.9. The van der Waals surface area contributed by atoms with Crippen LogP contribution in [0, 0.1) is 13.8 Å². The van der Waals surface area contributed by atoms with Crippen LogP contribution >= 0.6 is 11.6 Å². The molecule has 2 N–H and O–H groups in total. The van der Waals surface area contributed by atoms with Crippen LogP contribution in [0.2, 0.25) is 5.02 Å². The maximum atomic E-state index is 5.99. The van der Waals surface area contributed by atoms with Crippen molar-refractivity contribution in [2.75, 3.05) is 37.8 Å². The molecule has 0 saturated carbocycles. The Morgan fingerprint density at radius 1 is 1.13 bits per heavy atom. The molecule has 23 heavy (non-hydrogen) atoms. The van der Waals surface area contributed by atoms with Crippen LogP contribution in [0.5, 0.6) is 0 Å². The van der Waals surface area contributed by atoms with E-state index < -0.39 is 0 Å². The molecule has 0 aliphatic rings. The molecule has 0 amide bonds. The highest BCUT2D eigenvalue weighted by Gasteiger charge is 2.05. The molecule has 6 heteroatoms. The van der Waals surface area contributed by atoms with Gasteiger partial charge in [0.2, 0.25) is 5.95 Å². The number of nitrogens with one attached hydrogen (secondary N) is 2. The maximum absolute atomic E-state index is 5.99. The summed E-state index contributed by atoms with van der Waals surface area (Å²) in [7, 11) is 4.15. The van der Waals surface area contributed by atoms with Crippen molar-refractivity contribution in [2.24, 2.45) is 0 Å². The Hall–Kier alpha value is -1.85. The average molecular weight is 334 g/mol. The molecule has 1 aromatic carbocycles. The lowest BCUT2D eigenvalue weighted by molar-refractivity contribution is 0.405. The number of nitrogens with zero attached hydrogens (tertiary/aromatic N) is 3. The summed E-state index contributed by atoms with van der Waals surface area (Å²) >= 11 is 5.99. The van der Waals surface area contributed by atoms with Gasteiger partial charge in [-0.05, 0) is 64.7 Å². The first-order chi connectivity index (χ1) is 10.9. The van der Waals surface area contributed by atoms with Crippen LogP contribution in [-0.2, 0) is 0 Å². The van der Waals surface area contributed by atoms with E-state index in [-0.39, 0.29) is 0 Å². The molecule has 0 aliphatic heterocycles. The molecule has 0 aliphatic carbocycles. The summed E-state index contributed by atoms with van der Waals surface area (Å²) in [6.45, 7) is 5.90. The molecule has 0 radical (unpaired) electrons. The van der Waals surface area contributed by atoms with Crippen LogP contribution < -0.4 is 10.6 Å². The fraction of sp³-hybridized carbons (Fsp3) is 0.412. The van der Waals surface area contributed by atoms with Crippen LogP contribution in [0.25, 0.3) is 0 Å². The van der Waals surface area contributed by atoms with E-state index in [1.54, 1.807) is 0 Å². The number of halogens is 1. The van der Waals surface area contributed by atoms with E-state index in [4.69, 9.17) is 11.6 Å². The van der Waals surface area contributed by atoms with Crippen LogP contribution in [-0.4, -0.2) is 42.1 Å². The number of aromatic nitrogens is 2. The highest BCUT2D eigenvalue weighted by atomic mass is 35.5. The molecule has 0 spiro atoms. The van der Waals surface area contributed by atoms with Gasteiger partial charge in [-0.2, -0.15) is 4.98 Å². The van der Waals surface area contributed by atoms with E-state index >= 15 is 0 Å². The second kappa shape index (κ2) is 8.13. The van der Waals surface area contributed by atoms with Crippen molar-refractivity contribution >= 4 is 29.1 Å². The zero-order chi connectivity index (χ0) is 16.8. The molecule has 1 aromatic heterocycles. The quantitative estimate of drug-likeness (QED) is 0.754. The van der Waals surface area contributed by atoms with Crippen LogP contribution in [0.3, 0.4) is 0 Å². The van der Waals surface area contributed by atoms with E-state index in [2.05, 4.69) is 39.6 Å². The van der Waals surface area contributed by atoms with Gasteiger partial charge >= 0.3 is 0 Å². The van der Waals surface area contributed by atoms with Crippen LogP contribution in [0.4, 0.5) is 17.5 Å². The lowest BCUT2D eigenvalue weighted by atomic mass is 10.2. The maximum Gasteiger partial charge on any atom is 0.229 e. The van der Waals surface area contributed by atoms with E-state index in [0.717, 1.165) is 47.3 Å². The number of hydrogen-bond donors (Lipinski definition) is 2. The number of benzene rings is 1. The lowest BCUT2D eigenvalue weighted by Gasteiger charge is -2.13. The minimum absolute atomic E-state index is 0.588. The van der Waals surface area contributed by atoms with E-state index in [1.165, 1.54) is 0 Å². The third-order valence-corrected chi connectivity index (χ3v) is 3.61. The standard InChI is InChI=1S/C17H24ClN5/c1-12-10-14(18)6-7-15(12)21-17-20-13(2)11-16(22-17)19-8-5-9-23(3)4/h6-7,10-11H,5,8-9H2,1-4H3,(H2,19,20,21,22). The van der Waals surface area contributed by atoms with Gasteiger partial charge in [0.15, 0.2) is 0 Å². The van der Waals surface area contributed by atoms with Gasteiger partial charge in [-0.3, -0.25) is 0 Å². The van der Waals surface area contributed by atoms with Crippen molar-refractivity contribution in [3.8, 4) is 0 Å². The Labute approximate surface area is 143 Å². The largest absolute Gasteiger partial charge is 0.370 e. The summed E-state index contributed by atoms with van der Waals surface area (Å²) in [6.07, 6.45) is 1.06. The highest BCUT2D eigenvalue weighted by molar-refractivity contribution is 6.30. The summed E-state index contributed by atoms with van der Waals surface area (Å²) in [4.78, 5) is 11.1. The van der Waals surface area contributed by atoms with E-state index in [0.29, 0.717) is 5.95 Å². The van der Waals surface area contributed by atoms with Crippen molar-refractivity contribution < 1.29 is 0 Å². The first kappa shape index (κ1) is 17.5. The van der Waals surface area contributed by atoms with Gasteiger partial charge in [0, 0.05) is 29.0 Å². The van der Waals surface area contributed by atoms with Crippen LogP contribution in [0.15, 0.2) is 24.3 Å². The molecule has 124 valence electrons. The summed E-state index contributed by atoms with van der Waals surface area (Å²) in [5.41, 5.74) is 2.94. The SMILES string of the molecule is Cc1cc(NCCCN(C)C)nc(Nc2ccc(Cl)cc2C)n1. The Bertz CT molecular complexity index is 657. The second-order valence-corrected chi connectivity index (χ2v) is 6.32. The molecule has 0 unspecified atom stereocenters. The minimum Gasteiger partial charge on any atom is -0.370 e. The third-order valence-electron chi connectivity index (χ3n) is 3.38. The van der Waals surface area contributed by atoms with Gasteiger partial charge in [0.1, 0.15) is 5.82 Å². The van der Waals surface area contributed by atoms with Gasteiger partial charge < -0.3 is 15.5 Å². The van der Waals surface area contributed by atoms with Crippen molar-refractivity contribution in [2.45, 2.75) is 20.3 Å². The van der Waals surface area contributed by atoms with Crippen molar-refractivity contribution in [1.29, 1.82) is 0 Å². The predicted octanol–water partition coefficient (Wildman–Crippen LogP) is 3.85. The molecule has 2 rings (SSSR count). The summed E-state index contributed by atoms with van der Waals surface area (Å²) in [5.74, 6) is 1.43. The Balaban J connectivity index is 2.04. The third kappa shape index (κ3) is 5.69. The minimum atomic E-state index is 0.588. The van der Waals surface area contributed by atoms with Gasteiger partial charge in [0.25, 0.3) is 0 Å². The summed E-state index contributed by atoms with van der Waals surface area (Å²) < 4.78 is 0. The molecule has 0 bridgehead atoms. The Morgan fingerprint density at radius 2 is 1.91 bits per heavy atom. The average Bonchev–Trinajstić information content (AvgIpc) is 2.46. The molecule has 5 nitrogen and oxygen atoms in total. The molecule has 0 atom stereocenters. The summed E-state index contributed by atoms with van der Waals surface area (Å²) in [6, 6.07) is 7.66. The van der Waals surface area contributed by atoms with Gasteiger partial charge in [-0.15, -0.1) is 0 Å². The second-order valence-electron chi connectivity index (χ2n) is 5.89. The van der Waals surface area contributed by atoms with Crippen molar-refractivity contribution in [3.05, 3.63) is 40.5 Å². The first-order valence-electron chi connectivity index (χ1n) is 7.71. The van der Waals surface area contributed by atoms with Gasteiger partial charge in [0.05, 0.1) is 0 Å². The number of anilines is 3. The monoisotopic (exact) mass is 333 g/mol. The van der Waals surface area contributed by atoms with Crippen LogP contribution in [0.1, 0.15) is 17.7 Å². The molecule has 0 fully saturated rings. The fourth-order valence-electron chi connectivity index (χ4n) is 2.21. The zero-order valence-electron chi connectivity index (χ0n) is 14.2. The Kier molecular flexibility index (Phi) is 6.19. The predicted molar refractivity (Wildman–Crippen MR) is 97.9 cm³/mol. The first-order valence-corrected chi connectivity index (χ1v) is 8.09. The van der Waals surface area contributed by atoms with Gasteiger partial charge in [-0.25, -0.2) is 4.98 Å². The number of rotatable bonds is 7. The van der Waals surface area contributed by atoms with Gasteiger partial charge in [-0.1, -0.05) is 11.6 Å². The smallest absolute Gasteiger partial charge is 0.229 e. The van der Waals surface area contributed by atoms with Crippen molar-refractivity contribution in [1.82, 2.24) is 14.9 Å². The fourth-order valence-corrected chi connectivity index (χ4v) is 2.44. The van der Waals surface area contributed by atoms with E-state index in [1.807, 2.05) is 38.1 Å². The molecular formula is C17H24ClN5. The van der Waals surface area contributed by atoms with E-state index in [9.17, 15) is 0 Å². The zero-order valence-corrected chi connectivity index (χ0v) is 14.9. The number of aryl methyl sites for hydroxylation is 2. The molecule has 2 aromatic rings. The lowest BCUT2D eigenvalue weighted by Crippen LogP contribution is -2.17. The molecule has 1 heterocycles. The van der Waals surface area contributed by atoms with Crippen molar-refractivity contribution in [3.63, 3.8) is 0 Å². The highest BCUT2D eigenvalue weighted by Crippen LogP contribution is 2.22.